The van der Waals surface area contributed by atoms with Crippen molar-refractivity contribution in [3.63, 3.8) is 0 Å². The van der Waals surface area contributed by atoms with Crippen molar-refractivity contribution in [2.24, 2.45) is 0 Å². The summed E-state index contributed by atoms with van der Waals surface area (Å²) in [4.78, 5) is 54.5. The number of benzene rings is 1. The van der Waals surface area contributed by atoms with Crippen LogP contribution in [0.25, 0.3) is 0 Å². The number of piperazine rings is 1. The van der Waals surface area contributed by atoms with E-state index in [-0.39, 0.29) is 36.5 Å². The van der Waals surface area contributed by atoms with Gasteiger partial charge < -0.3 is 19.3 Å². The summed E-state index contributed by atoms with van der Waals surface area (Å²) in [6, 6.07) is 5.05. The van der Waals surface area contributed by atoms with E-state index >= 15 is 0 Å². The van der Waals surface area contributed by atoms with Crippen LogP contribution < -0.4 is 9.64 Å². The highest BCUT2D eigenvalue weighted by molar-refractivity contribution is 6.09. The van der Waals surface area contributed by atoms with Crippen molar-refractivity contribution in [3.8, 4) is 5.75 Å². The highest BCUT2D eigenvalue weighted by Gasteiger charge is 2.29. The lowest BCUT2D eigenvalue weighted by molar-refractivity contribution is -0.155. The summed E-state index contributed by atoms with van der Waals surface area (Å²) in [5.74, 6) is -0.215. The van der Waals surface area contributed by atoms with Gasteiger partial charge in [0, 0.05) is 51.3 Å². The third-order valence-electron chi connectivity index (χ3n) is 5.69. The first-order valence-corrected chi connectivity index (χ1v) is 11.3. The zero-order valence-electron chi connectivity index (χ0n) is 19.9. The molecule has 2 heterocycles. The number of nitrogens with zero attached hydrogens (tertiary/aromatic N) is 3. The standard InChI is InChI=1S/C24H33N3O6/c1-24(2,3)33-22(30)8-9-25-11-13-26(14-12-25)23(31)17-5-6-20(32-4)19(15-17)27-10-7-18(28)16-21(27)29/h5-6,15H,7-14,16H2,1-4H3. The first kappa shape index (κ1) is 24.7. The summed E-state index contributed by atoms with van der Waals surface area (Å²) in [6.07, 6.45) is 0.477. The SMILES string of the molecule is COc1ccc(C(=O)N2CCN(CCC(=O)OC(C)(C)C)CC2)cc1N1CCC(=O)CC1=O. The Morgan fingerprint density at radius 3 is 2.33 bits per heavy atom. The van der Waals surface area contributed by atoms with Gasteiger partial charge in [0.05, 0.1) is 25.6 Å². The van der Waals surface area contributed by atoms with Gasteiger partial charge in [0.1, 0.15) is 17.1 Å². The molecule has 2 aliphatic rings. The third kappa shape index (κ3) is 6.54. The Hall–Kier alpha value is -2.94. The number of esters is 1. The number of carbonyl (C=O) groups is 4. The van der Waals surface area contributed by atoms with Crippen LogP contribution in [0.2, 0.25) is 0 Å². The fourth-order valence-corrected chi connectivity index (χ4v) is 4.00. The van der Waals surface area contributed by atoms with Crippen molar-refractivity contribution in [1.29, 1.82) is 0 Å². The molecule has 1 aromatic carbocycles. The van der Waals surface area contributed by atoms with Crippen molar-refractivity contribution >= 4 is 29.3 Å². The van der Waals surface area contributed by atoms with Gasteiger partial charge in [0.25, 0.3) is 5.91 Å². The number of methoxy groups -OCH3 is 1. The summed E-state index contributed by atoms with van der Waals surface area (Å²) < 4.78 is 10.7. The lowest BCUT2D eigenvalue weighted by Gasteiger charge is -2.35. The third-order valence-corrected chi connectivity index (χ3v) is 5.69. The van der Waals surface area contributed by atoms with E-state index in [1.54, 1.807) is 23.1 Å². The topological polar surface area (TPSA) is 96.5 Å². The van der Waals surface area contributed by atoms with E-state index in [0.29, 0.717) is 62.6 Å². The number of carbonyl (C=O) groups excluding carboxylic acids is 4. The molecule has 9 heteroatoms. The second kappa shape index (κ2) is 10.3. The molecule has 1 aromatic rings. The van der Waals surface area contributed by atoms with Gasteiger partial charge in [0.15, 0.2) is 0 Å². The monoisotopic (exact) mass is 459 g/mol. The van der Waals surface area contributed by atoms with Crippen LogP contribution in [0.4, 0.5) is 5.69 Å². The maximum Gasteiger partial charge on any atom is 0.307 e. The fourth-order valence-electron chi connectivity index (χ4n) is 4.00. The summed E-state index contributed by atoms with van der Waals surface area (Å²) >= 11 is 0. The Morgan fingerprint density at radius 1 is 1.03 bits per heavy atom. The van der Waals surface area contributed by atoms with Gasteiger partial charge in [-0.2, -0.15) is 0 Å². The highest BCUT2D eigenvalue weighted by Crippen LogP contribution is 2.32. The molecule has 0 spiro atoms. The molecule has 0 saturated carbocycles. The largest absolute Gasteiger partial charge is 0.495 e. The molecule has 2 aliphatic heterocycles. The van der Waals surface area contributed by atoms with Crippen LogP contribution >= 0.6 is 0 Å². The maximum atomic E-state index is 13.1. The number of hydrogen-bond acceptors (Lipinski definition) is 7. The van der Waals surface area contributed by atoms with Gasteiger partial charge >= 0.3 is 5.97 Å². The average molecular weight is 460 g/mol. The smallest absolute Gasteiger partial charge is 0.307 e. The lowest BCUT2D eigenvalue weighted by atomic mass is 10.1. The molecule has 2 amide bonds. The van der Waals surface area contributed by atoms with Crippen molar-refractivity contribution in [2.45, 2.75) is 45.6 Å². The Labute approximate surface area is 194 Å². The first-order valence-electron chi connectivity index (χ1n) is 11.3. The average Bonchev–Trinajstić information content (AvgIpc) is 2.76. The zero-order valence-corrected chi connectivity index (χ0v) is 19.9. The molecule has 33 heavy (non-hydrogen) atoms. The van der Waals surface area contributed by atoms with E-state index in [4.69, 9.17) is 9.47 Å². The predicted molar refractivity (Wildman–Crippen MR) is 122 cm³/mol. The fraction of sp³-hybridized carbons (Fsp3) is 0.583. The van der Waals surface area contributed by atoms with Crippen LogP contribution in [-0.2, 0) is 19.1 Å². The van der Waals surface area contributed by atoms with Crippen molar-refractivity contribution in [1.82, 2.24) is 9.80 Å². The molecule has 2 fully saturated rings. The van der Waals surface area contributed by atoms with Crippen molar-refractivity contribution in [3.05, 3.63) is 23.8 Å². The Kier molecular flexibility index (Phi) is 7.73. The number of anilines is 1. The van der Waals surface area contributed by atoms with E-state index in [1.807, 2.05) is 20.8 Å². The van der Waals surface area contributed by atoms with Crippen LogP contribution in [0.5, 0.6) is 5.75 Å². The Bertz CT molecular complexity index is 915. The van der Waals surface area contributed by atoms with E-state index in [9.17, 15) is 19.2 Å². The summed E-state index contributed by atoms with van der Waals surface area (Å²) in [6.45, 7) is 8.86. The summed E-state index contributed by atoms with van der Waals surface area (Å²) in [7, 11) is 1.51. The number of ketones is 1. The number of amides is 2. The minimum Gasteiger partial charge on any atom is -0.495 e. The first-order chi connectivity index (χ1) is 15.6. The molecule has 2 saturated heterocycles. The molecule has 0 atom stereocenters. The molecule has 0 N–H and O–H groups in total. The molecule has 0 aromatic heterocycles. The van der Waals surface area contributed by atoms with Gasteiger partial charge in [0.2, 0.25) is 5.91 Å². The number of hydrogen-bond donors (Lipinski definition) is 0. The molecular weight excluding hydrogens is 426 g/mol. The van der Waals surface area contributed by atoms with Crippen molar-refractivity contribution < 1.29 is 28.7 Å². The van der Waals surface area contributed by atoms with Gasteiger partial charge in [-0.25, -0.2) is 0 Å². The minimum atomic E-state index is -0.492. The molecule has 0 bridgehead atoms. The molecule has 9 nitrogen and oxygen atoms in total. The van der Waals surface area contributed by atoms with E-state index in [2.05, 4.69) is 4.90 Å². The summed E-state index contributed by atoms with van der Waals surface area (Å²) in [5.41, 5.74) is 0.489. The van der Waals surface area contributed by atoms with Crippen LogP contribution in [0.1, 0.15) is 50.4 Å². The van der Waals surface area contributed by atoms with Gasteiger partial charge in [-0.15, -0.1) is 0 Å². The number of ether oxygens (including phenoxy) is 2. The molecule has 0 aliphatic carbocycles. The van der Waals surface area contributed by atoms with E-state index < -0.39 is 5.60 Å². The number of rotatable bonds is 6. The second-order valence-electron chi connectivity index (χ2n) is 9.37. The number of piperidine rings is 1. The minimum absolute atomic E-state index is 0.0769. The molecule has 0 unspecified atom stereocenters. The van der Waals surface area contributed by atoms with Crippen LogP contribution in [-0.4, -0.2) is 85.3 Å². The molecule has 0 radical (unpaired) electrons. The normalized spacial score (nSPS) is 17.8. The van der Waals surface area contributed by atoms with Crippen molar-refractivity contribution in [2.75, 3.05) is 51.3 Å². The maximum absolute atomic E-state index is 13.1. The zero-order chi connectivity index (χ0) is 24.2. The summed E-state index contributed by atoms with van der Waals surface area (Å²) in [5, 5.41) is 0. The van der Waals surface area contributed by atoms with Gasteiger partial charge in [-0.3, -0.25) is 24.1 Å². The highest BCUT2D eigenvalue weighted by atomic mass is 16.6. The van der Waals surface area contributed by atoms with Crippen LogP contribution in [0.15, 0.2) is 18.2 Å². The second-order valence-corrected chi connectivity index (χ2v) is 9.37. The quantitative estimate of drug-likeness (QED) is 0.473. The predicted octanol–water partition coefficient (Wildman–Crippen LogP) is 1.88. The Balaban J connectivity index is 1.60. The van der Waals surface area contributed by atoms with Crippen LogP contribution in [0, 0.1) is 0 Å². The molecule has 180 valence electrons. The Morgan fingerprint density at radius 2 is 1.73 bits per heavy atom. The number of Topliss-reactive ketones (excluding diaryl/α,β-unsaturated/α-hetero) is 1. The van der Waals surface area contributed by atoms with E-state index in [0.717, 1.165) is 0 Å². The lowest BCUT2D eigenvalue weighted by Crippen LogP contribution is -2.49. The van der Waals surface area contributed by atoms with Gasteiger partial charge in [-0.05, 0) is 39.0 Å². The van der Waals surface area contributed by atoms with Crippen LogP contribution in [0.3, 0.4) is 0 Å². The van der Waals surface area contributed by atoms with Gasteiger partial charge in [-0.1, -0.05) is 0 Å². The molecule has 3 rings (SSSR count). The molecular formula is C24H33N3O6. The van der Waals surface area contributed by atoms with E-state index in [1.165, 1.54) is 12.0 Å².